The van der Waals surface area contributed by atoms with Gasteiger partial charge in [-0.3, -0.25) is 9.69 Å². The maximum atomic E-state index is 12.2. The van der Waals surface area contributed by atoms with Crippen molar-refractivity contribution >= 4 is 18.3 Å². The number of nitrogens with one attached hydrogen (secondary N) is 1. The first-order valence-corrected chi connectivity index (χ1v) is 8.62. The molecule has 0 spiro atoms. The second kappa shape index (κ2) is 11.1. The Kier molecular flexibility index (Phi) is 9.54. The quantitative estimate of drug-likeness (QED) is 0.701. The fourth-order valence-electron chi connectivity index (χ4n) is 3.28. The lowest BCUT2D eigenvalue weighted by Crippen LogP contribution is -2.43. The summed E-state index contributed by atoms with van der Waals surface area (Å²) in [4.78, 5) is 14.5. The second-order valence-corrected chi connectivity index (χ2v) is 6.15. The Morgan fingerprint density at radius 2 is 1.96 bits per heavy atom. The normalized spacial score (nSPS) is 17.2. The molecular weight excluding hydrogens is 358 g/mol. The van der Waals surface area contributed by atoms with Gasteiger partial charge in [-0.05, 0) is 25.5 Å². The van der Waals surface area contributed by atoms with Gasteiger partial charge in [0.2, 0.25) is 11.7 Å². The lowest BCUT2D eigenvalue weighted by Gasteiger charge is -2.32. The van der Waals surface area contributed by atoms with E-state index in [4.69, 9.17) is 19.9 Å². The number of rotatable bonds is 8. The fourth-order valence-corrected chi connectivity index (χ4v) is 3.28. The molecule has 1 heterocycles. The molecule has 148 valence electrons. The number of likely N-dealkylation sites (tertiary alicyclic amines) is 1. The predicted octanol–water partition coefficient (Wildman–Crippen LogP) is 1.42. The van der Waals surface area contributed by atoms with Gasteiger partial charge in [-0.1, -0.05) is 6.07 Å². The molecule has 0 aromatic heterocycles. The summed E-state index contributed by atoms with van der Waals surface area (Å²) in [7, 11) is 4.83. The van der Waals surface area contributed by atoms with Crippen LogP contribution in [0.3, 0.4) is 0 Å². The highest BCUT2D eigenvalue weighted by Gasteiger charge is 2.26. The molecule has 2 rings (SSSR count). The molecule has 1 aliphatic rings. The SMILES string of the molecule is COc1ccc(CN2CCCC(C(=O)NCCN)C2)c(OC)c1OC.Cl. The molecule has 1 unspecified atom stereocenters. The number of nitrogens with two attached hydrogens (primary N) is 1. The lowest BCUT2D eigenvalue weighted by molar-refractivity contribution is -0.126. The van der Waals surface area contributed by atoms with E-state index in [0.29, 0.717) is 36.9 Å². The maximum absolute atomic E-state index is 12.2. The zero-order chi connectivity index (χ0) is 18.2. The van der Waals surface area contributed by atoms with Crippen LogP contribution in [0.5, 0.6) is 17.2 Å². The van der Waals surface area contributed by atoms with E-state index in [1.807, 2.05) is 12.1 Å². The summed E-state index contributed by atoms with van der Waals surface area (Å²) in [5, 5.41) is 2.89. The molecule has 7 nitrogen and oxygen atoms in total. The van der Waals surface area contributed by atoms with E-state index in [2.05, 4.69) is 10.2 Å². The number of nitrogens with zero attached hydrogens (tertiary/aromatic N) is 1. The van der Waals surface area contributed by atoms with Crippen molar-refractivity contribution in [3.05, 3.63) is 17.7 Å². The monoisotopic (exact) mass is 387 g/mol. The average molecular weight is 388 g/mol. The third kappa shape index (κ3) is 5.40. The highest BCUT2D eigenvalue weighted by molar-refractivity contribution is 5.85. The van der Waals surface area contributed by atoms with Crippen molar-refractivity contribution in [2.24, 2.45) is 11.7 Å². The third-order valence-corrected chi connectivity index (χ3v) is 4.50. The Labute approximate surface area is 161 Å². The van der Waals surface area contributed by atoms with Gasteiger partial charge in [0.1, 0.15) is 0 Å². The number of methoxy groups -OCH3 is 3. The van der Waals surface area contributed by atoms with E-state index in [0.717, 1.165) is 31.5 Å². The Morgan fingerprint density at radius 1 is 1.23 bits per heavy atom. The molecule has 1 saturated heterocycles. The van der Waals surface area contributed by atoms with Crippen molar-refractivity contribution < 1.29 is 19.0 Å². The van der Waals surface area contributed by atoms with Gasteiger partial charge in [-0.15, -0.1) is 12.4 Å². The molecule has 1 aromatic carbocycles. The standard InChI is InChI=1S/C18H29N3O4.ClH/c1-23-15-7-6-13(16(24-2)17(15)25-3)11-21-10-4-5-14(12-21)18(22)20-9-8-19;/h6-7,14H,4-5,8-12,19H2,1-3H3,(H,20,22);1H. The highest BCUT2D eigenvalue weighted by atomic mass is 35.5. The Hall–Kier alpha value is -1.70. The summed E-state index contributed by atoms with van der Waals surface area (Å²) in [5.74, 6) is 2.01. The highest BCUT2D eigenvalue weighted by Crippen LogP contribution is 2.40. The van der Waals surface area contributed by atoms with Gasteiger partial charge < -0.3 is 25.3 Å². The molecular formula is C18H30ClN3O4. The van der Waals surface area contributed by atoms with Gasteiger partial charge in [0.05, 0.1) is 27.2 Å². The zero-order valence-corrected chi connectivity index (χ0v) is 16.6. The summed E-state index contributed by atoms with van der Waals surface area (Å²) in [6.45, 7) is 3.38. The predicted molar refractivity (Wildman–Crippen MR) is 103 cm³/mol. The Balaban J connectivity index is 0.00000338. The molecule has 1 atom stereocenters. The maximum Gasteiger partial charge on any atom is 0.224 e. The minimum atomic E-state index is 0. The minimum absolute atomic E-state index is 0. The molecule has 1 fully saturated rings. The van der Waals surface area contributed by atoms with E-state index < -0.39 is 0 Å². The molecule has 0 bridgehead atoms. The van der Waals surface area contributed by atoms with E-state index in [9.17, 15) is 4.79 Å². The summed E-state index contributed by atoms with van der Waals surface area (Å²) >= 11 is 0. The van der Waals surface area contributed by atoms with Crippen LogP contribution in [-0.4, -0.2) is 58.3 Å². The number of carbonyl (C=O) groups excluding carboxylic acids is 1. The molecule has 0 radical (unpaired) electrons. The van der Waals surface area contributed by atoms with Gasteiger partial charge >= 0.3 is 0 Å². The van der Waals surface area contributed by atoms with Crippen molar-refractivity contribution in [3.8, 4) is 17.2 Å². The van der Waals surface area contributed by atoms with Gasteiger partial charge in [0, 0.05) is 31.7 Å². The Bertz CT molecular complexity index is 586. The van der Waals surface area contributed by atoms with Crippen LogP contribution in [0, 0.1) is 5.92 Å². The summed E-state index contributed by atoms with van der Waals surface area (Å²) in [6, 6.07) is 3.87. The summed E-state index contributed by atoms with van der Waals surface area (Å²) in [5.41, 5.74) is 6.47. The zero-order valence-electron chi connectivity index (χ0n) is 15.7. The van der Waals surface area contributed by atoms with Gasteiger partial charge in [0.25, 0.3) is 0 Å². The number of benzene rings is 1. The number of piperidine rings is 1. The van der Waals surface area contributed by atoms with Crippen LogP contribution in [-0.2, 0) is 11.3 Å². The Morgan fingerprint density at radius 3 is 2.58 bits per heavy atom. The number of carbonyl (C=O) groups is 1. The van der Waals surface area contributed by atoms with Crippen LogP contribution in [0.25, 0.3) is 0 Å². The van der Waals surface area contributed by atoms with Crippen molar-refractivity contribution in [2.45, 2.75) is 19.4 Å². The lowest BCUT2D eigenvalue weighted by atomic mass is 9.96. The fraction of sp³-hybridized carbons (Fsp3) is 0.611. The molecule has 0 aliphatic carbocycles. The smallest absolute Gasteiger partial charge is 0.224 e. The van der Waals surface area contributed by atoms with Crippen LogP contribution in [0.2, 0.25) is 0 Å². The van der Waals surface area contributed by atoms with E-state index in [-0.39, 0.29) is 24.2 Å². The first-order valence-electron chi connectivity index (χ1n) is 8.62. The molecule has 8 heteroatoms. The molecule has 3 N–H and O–H groups in total. The number of hydrogen-bond donors (Lipinski definition) is 2. The van der Waals surface area contributed by atoms with Crippen molar-refractivity contribution in [1.82, 2.24) is 10.2 Å². The van der Waals surface area contributed by atoms with Crippen molar-refractivity contribution in [3.63, 3.8) is 0 Å². The first-order chi connectivity index (χ1) is 12.1. The van der Waals surface area contributed by atoms with Crippen LogP contribution in [0.15, 0.2) is 12.1 Å². The topological polar surface area (TPSA) is 86.1 Å². The number of amides is 1. The van der Waals surface area contributed by atoms with Crippen LogP contribution >= 0.6 is 12.4 Å². The average Bonchev–Trinajstić information content (AvgIpc) is 2.65. The second-order valence-electron chi connectivity index (χ2n) is 6.15. The van der Waals surface area contributed by atoms with E-state index in [1.165, 1.54) is 0 Å². The summed E-state index contributed by atoms with van der Waals surface area (Å²) in [6.07, 6.45) is 1.91. The van der Waals surface area contributed by atoms with Crippen molar-refractivity contribution in [1.29, 1.82) is 0 Å². The van der Waals surface area contributed by atoms with Crippen molar-refractivity contribution in [2.75, 3.05) is 47.5 Å². The van der Waals surface area contributed by atoms with Gasteiger partial charge in [0.15, 0.2) is 11.5 Å². The minimum Gasteiger partial charge on any atom is -0.493 e. The number of halogens is 1. The molecule has 1 aromatic rings. The van der Waals surface area contributed by atoms with Crippen LogP contribution in [0.1, 0.15) is 18.4 Å². The third-order valence-electron chi connectivity index (χ3n) is 4.50. The van der Waals surface area contributed by atoms with E-state index >= 15 is 0 Å². The largest absolute Gasteiger partial charge is 0.493 e. The number of ether oxygens (including phenoxy) is 3. The molecule has 26 heavy (non-hydrogen) atoms. The first kappa shape index (κ1) is 22.3. The van der Waals surface area contributed by atoms with E-state index in [1.54, 1.807) is 21.3 Å². The summed E-state index contributed by atoms with van der Waals surface area (Å²) < 4.78 is 16.3. The van der Waals surface area contributed by atoms with Gasteiger partial charge in [-0.2, -0.15) is 0 Å². The molecule has 1 aliphatic heterocycles. The molecule has 0 saturated carbocycles. The van der Waals surface area contributed by atoms with Crippen LogP contribution < -0.4 is 25.3 Å². The van der Waals surface area contributed by atoms with Crippen LogP contribution in [0.4, 0.5) is 0 Å². The van der Waals surface area contributed by atoms with Gasteiger partial charge in [-0.25, -0.2) is 0 Å². The number of hydrogen-bond acceptors (Lipinski definition) is 6. The molecule has 1 amide bonds.